The average molecular weight is 232 g/mol. The third kappa shape index (κ3) is 3.55. The van der Waals surface area contributed by atoms with Gasteiger partial charge in [-0.1, -0.05) is 35.6 Å². The van der Waals surface area contributed by atoms with Crippen molar-refractivity contribution in [3.05, 3.63) is 29.3 Å². The Bertz CT molecular complexity index is 295. The molecule has 0 bridgehead atoms. The summed E-state index contributed by atoms with van der Waals surface area (Å²) in [6, 6.07) is 7.65. The molecule has 0 aliphatic carbocycles. The summed E-state index contributed by atoms with van der Waals surface area (Å²) in [5.41, 5.74) is 0. The molecule has 1 nitrogen and oxygen atoms in total. The molecule has 0 saturated heterocycles. The van der Waals surface area contributed by atoms with Crippen LogP contribution in [-0.2, 0) is 0 Å². The van der Waals surface area contributed by atoms with Gasteiger partial charge in [0.1, 0.15) is 4.32 Å². The van der Waals surface area contributed by atoms with Crippen molar-refractivity contribution in [1.82, 2.24) is 4.90 Å². The highest BCUT2D eigenvalue weighted by Crippen LogP contribution is 2.22. The summed E-state index contributed by atoms with van der Waals surface area (Å²) < 4.78 is 0.849. The van der Waals surface area contributed by atoms with Crippen LogP contribution < -0.4 is 0 Å². The van der Waals surface area contributed by atoms with Crippen molar-refractivity contribution in [2.45, 2.75) is 4.90 Å². The zero-order valence-corrected chi connectivity index (χ0v) is 9.84. The van der Waals surface area contributed by atoms with Crippen molar-refractivity contribution >= 4 is 39.9 Å². The first kappa shape index (κ1) is 10.8. The smallest absolute Gasteiger partial charge is 0.140 e. The van der Waals surface area contributed by atoms with Crippen molar-refractivity contribution < 1.29 is 0 Å². The number of hydrogen-bond acceptors (Lipinski definition) is 2. The Hall–Kier alpha value is -0.250. The van der Waals surface area contributed by atoms with E-state index >= 15 is 0 Å². The fourth-order valence-corrected chi connectivity index (χ4v) is 1.77. The molecular formula is C9H10ClNS2. The van der Waals surface area contributed by atoms with Gasteiger partial charge in [-0.05, 0) is 24.3 Å². The lowest BCUT2D eigenvalue weighted by atomic mass is 10.4. The highest BCUT2D eigenvalue weighted by molar-refractivity contribution is 8.22. The molecular weight excluding hydrogens is 222 g/mol. The van der Waals surface area contributed by atoms with Crippen LogP contribution in [0.3, 0.4) is 0 Å². The Labute approximate surface area is 93.1 Å². The lowest BCUT2D eigenvalue weighted by Crippen LogP contribution is -2.15. The third-order valence-electron chi connectivity index (χ3n) is 1.38. The molecule has 0 aliphatic rings. The Morgan fingerprint density at radius 2 is 1.85 bits per heavy atom. The van der Waals surface area contributed by atoms with Gasteiger partial charge >= 0.3 is 0 Å². The molecule has 0 aromatic heterocycles. The van der Waals surface area contributed by atoms with E-state index in [1.165, 1.54) is 0 Å². The third-order valence-corrected chi connectivity index (χ3v) is 3.30. The van der Waals surface area contributed by atoms with Crippen LogP contribution in [0.4, 0.5) is 0 Å². The maximum absolute atomic E-state index is 5.76. The summed E-state index contributed by atoms with van der Waals surface area (Å²) >= 11 is 12.5. The number of thioether (sulfide) groups is 1. The molecule has 0 spiro atoms. The van der Waals surface area contributed by atoms with Crippen LogP contribution in [0.2, 0.25) is 5.02 Å². The molecule has 4 heteroatoms. The predicted molar refractivity (Wildman–Crippen MR) is 63.6 cm³/mol. The SMILES string of the molecule is CN(C)C(=S)Sc1ccc(Cl)cc1. The van der Waals surface area contributed by atoms with Gasteiger partial charge in [-0.15, -0.1) is 0 Å². The van der Waals surface area contributed by atoms with Gasteiger partial charge in [0.2, 0.25) is 0 Å². The fraction of sp³-hybridized carbons (Fsp3) is 0.222. The number of hydrogen-bond donors (Lipinski definition) is 0. The molecule has 1 rings (SSSR count). The van der Waals surface area contributed by atoms with Gasteiger partial charge < -0.3 is 4.90 Å². The maximum Gasteiger partial charge on any atom is 0.140 e. The van der Waals surface area contributed by atoms with E-state index in [-0.39, 0.29) is 0 Å². The Morgan fingerprint density at radius 1 is 1.31 bits per heavy atom. The number of nitrogens with zero attached hydrogens (tertiary/aromatic N) is 1. The summed E-state index contributed by atoms with van der Waals surface area (Å²) in [5.74, 6) is 0. The second-order valence-corrected chi connectivity index (χ2v) is 4.86. The van der Waals surface area contributed by atoms with E-state index in [1.807, 2.05) is 43.3 Å². The van der Waals surface area contributed by atoms with E-state index in [2.05, 4.69) is 0 Å². The molecule has 0 N–H and O–H groups in total. The van der Waals surface area contributed by atoms with E-state index in [4.69, 9.17) is 23.8 Å². The van der Waals surface area contributed by atoms with Crippen LogP contribution in [0, 0.1) is 0 Å². The first-order chi connectivity index (χ1) is 6.09. The van der Waals surface area contributed by atoms with Crippen LogP contribution in [0.5, 0.6) is 0 Å². The van der Waals surface area contributed by atoms with Crippen molar-refractivity contribution in [2.24, 2.45) is 0 Å². The molecule has 0 atom stereocenters. The van der Waals surface area contributed by atoms with Crippen LogP contribution >= 0.6 is 35.6 Å². The molecule has 0 unspecified atom stereocenters. The Kier molecular flexibility index (Phi) is 4.03. The van der Waals surface area contributed by atoms with E-state index in [1.54, 1.807) is 11.8 Å². The highest BCUT2D eigenvalue weighted by atomic mass is 35.5. The predicted octanol–water partition coefficient (Wildman–Crippen LogP) is 3.28. The first-order valence-corrected chi connectivity index (χ1v) is 5.34. The van der Waals surface area contributed by atoms with Gasteiger partial charge in [-0.25, -0.2) is 0 Å². The normalized spacial score (nSPS) is 9.77. The second kappa shape index (κ2) is 4.84. The molecule has 70 valence electrons. The van der Waals surface area contributed by atoms with Crippen molar-refractivity contribution in [2.75, 3.05) is 14.1 Å². The zero-order chi connectivity index (χ0) is 9.84. The summed E-state index contributed by atoms with van der Waals surface area (Å²) in [6.45, 7) is 0. The molecule has 1 aromatic carbocycles. The van der Waals surface area contributed by atoms with Crippen LogP contribution in [0.1, 0.15) is 0 Å². The van der Waals surface area contributed by atoms with Crippen molar-refractivity contribution in [3.63, 3.8) is 0 Å². The lowest BCUT2D eigenvalue weighted by Gasteiger charge is -2.12. The zero-order valence-electron chi connectivity index (χ0n) is 7.45. The summed E-state index contributed by atoms with van der Waals surface area (Å²) in [4.78, 5) is 3.03. The largest absolute Gasteiger partial charge is 0.363 e. The number of benzene rings is 1. The van der Waals surface area contributed by atoms with Crippen LogP contribution in [0.15, 0.2) is 29.2 Å². The van der Waals surface area contributed by atoms with Crippen LogP contribution in [0.25, 0.3) is 0 Å². The molecule has 0 heterocycles. The van der Waals surface area contributed by atoms with Crippen molar-refractivity contribution in [3.8, 4) is 0 Å². The molecule has 1 aromatic rings. The van der Waals surface area contributed by atoms with E-state index in [0.29, 0.717) is 0 Å². The quantitative estimate of drug-likeness (QED) is 0.540. The average Bonchev–Trinajstić information content (AvgIpc) is 2.08. The topological polar surface area (TPSA) is 3.24 Å². The van der Waals surface area contributed by atoms with Gasteiger partial charge in [0.25, 0.3) is 0 Å². The maximum atomic E-state index is 5.76. The highest BCUT2D eigenvalue weighted by Gasteiger charge is 2.01. The fourth-order valence-electron chi connectivity index (χ4n) is 0.695. The standard InChI is InChI=1S/C9H10ClNS2/c1-11(2)9(12)13-8-5-3-7(10)4-6-8/h3-6H,1-2H3. The lowest BCUT2D eigenvalue weighted by molar-refractivity contribution is 0.648. The summed E-state index contributed by atoms with van der Waals surface area (Å²) in [7, 11) is 3.87. The summed E-state index contributed by atoms with van der Waals surface area (Å²) in [6.07, 6.45) is 0. The number of halogens is 1. The van der Waals surface area contributed by atoms with E-state index in [9.17, 15) is 0 Å². The molecule has 0 radical (unpaired) electrons. The number of rotatable bonds is 1. The van der Waals surface area contributed by atoms with Crippen molar-refractivity contribution in [1.29, 1.82) is 0 Å². The minimum Gasteiger partial charge on any atom is -0.363 e. The molecule has 0 amide bonds. The molecule has 0 aliphatic heterocycles. The second-order valence-electron chi connectivity index (χ2n) is 2.72. The van der Waals surface area contributed by atoms with Gasteiger partial charge in [-0.2, -0.15) is 0 Å². The van der Waals surface area contributed by atoms with E-state index < -0.39 is 0 Å². The molecule has 0 fully saturated rings. The summed E-state index contributed by atoms with van der Waals surface area (Å²) in [5, 5.41) is 0.750. The Morgan fingerprint density at radius 3 is 2.31 bits per heavy atom. The van der Waals surface area contributed by atoms with Crippen LogP contribution in [-0.4, -0.2) is 23.3 Å². The van der Waals surface area contributed by atoms with Gasteiger partial charge in [0, 0.05) is 24.0 Å². The Balaban J connectivity index is 2.65. The van der Waals surface area contributed by atoms with E-state index in [0.717, 1.165) is 14.2 Å². The number of thiocarbonyl (C=S) groups is 1. The minimum absolute atomic E-state index is 0.750. The minimum atomic E-state index is 0.750. The van der Waals surface area contributed by atoms with Gasteiger partial charge in [0.15, 0.2) is 0 Å². The van der Waals surface area contributed by atoms with Gasteiger partial charge in [-0.3, -0.25) is 0 Å². The molecule has 13 heavy (non-hydrogen) atoms. The van der Waals surface area contributed by atoms with Gasteiger partial charge in [0.05, 0.1) is 0 Å². The first-order valence-electron chi connectivity index (χ1n) is 3.74. The molecule has 0 saturated carbocycles. The monoisotopic (exact) mass is 231 g/mol.